The molecule has 1 saturated heterocycles. The van der Waals surface area contributed by atoms with Crippen molar-refractivity contribution in [2.75, 3.05) is 11.5 Å². The van der Waals surface area contributed by atoms with E-state index in [-0.39, 0.29) is 17.9 Å². The quantitative estimate of drug-likeness (QED) is 0.799. The number of nitrogens with one attached hydrogen (secondary N) is 1. The second-order valence-electron chi connectivity index (χ2n) is 4.65. The SMILES string of the molecule is O=S1(=O)CCC(O)(c2ccc3[nH]ccc3c2)C1. The second kappa shape index (κ2) is 3.34. The van der Waals surface area contributed by atoms with Gasteiger partial charge in [0.25, 0.3) is 0 Å². The number of aromatic nitrogens is 1. The molecule has 5 heteroatoms. The maximum absolute atomic E-state index is 11.5. The van der Waals surface area contributed by atoms with Crippen LogP contribution in [0, 0.1) is 0 Å². The zero-order valence-corrected chi connectivity index (χ0v) is 10.00. The van der Waals surface area contributed by atoms with Crippen LogP contribution in [-0.4, -0.2) is 30.0 Å². The van der Waals surface area contributed by atoms with Gasteiger partial charge in [0, 0.05) is 11.7 Å². The number of rotatable bonds is 1. The Morgan fingerprint density at radius 1 is 1.29 bits per heavy atom. The monoisotopic (exact) mass is 251 g/mol. The Morgan fingerprint density at radius 3 is 2.82 bits per heavy atom. The molecule has 4 nitrogen and oxygen atoms in total. The van der Waals surface area contributed by atoms with E-state index in [4.69, 9.17) is 0 Å². The summed E-state index contributed by atoms with van der Waals surface area (Å²) in [5.41, 5.74) is 0.452. The normalized spacial score (nSPS) is 27.6. The van der Waals surface area contributed by atoms with E-state index in [9.17, 15) is 13.5 Å². The molecule has 2 N–H and O–H groups in total. The number of sulfone groups is 1. The van der Waals surface area contributed by atoms with Gasteiger partial charge in [-0.3, -0.25) is 0 Å². The molecule has 1 aliphatic rings. The van der Waals surface area contributed by atoms with Crippen LogP contribution in [0.15, 0.2) is 30.5 Å². The number of benzene rings is 1. The van der Waals surface area contributed by atoms with Gasteiger partial charge in [-0.05, 0) is 35.6 Å². The summed E-state index contributed by atoms with van der Waals surface area (Å²) in [7, 11) is -3.10. The van der Waals surface area contributed by atoms with Gasteiger partial charge in [0.15, 0.2) is 9.84 Å². The Hall–Kier alpha value is -1.33. The highest BCUT2D eigenvalue weighted by Crippen LogP contribution is 2.34. The number of hydrogen-bond acceptors (Lipinski definition) is 3. The van der Waals surface area contributed by atoms with E-state index in [1.807, 2.05) is 24.4 Å². The van der Waals surface area contributed by atoms with Crippen LogP contribution >= 0.6 is 0 Å². The van der Waals surface area contributed by atoms with Crippen molar-refractivity contribution in [1.82, 2.24) is 4.98 Å². The Morgan fingerprint density at radius 2 is 2.12 bits per heavy atom. The van der Waals surface area contributed by atoms with Gasteiger partial charge in [-0.15, -0.1) is 0 Å². The van der Waals surface area contributed by atoms with Crippen LogP contribution in [0.5, 0.6) is 0 Å². The van der Waals surface area contributed by atoms with Gasteiger partial charge < -0.3 is 10.1 Å². The summed E-state index contributed by atoms with van der Waals surface area (Å²) in [6, 6.07) is 7.42. The first-order valence-corrected chi connectivity index (χ1v) is 7.31. The standard InChI is InChI=1S/C12H13NO3S/c14-12(4-6-17(15,16)8-12)10-1-2-11-9(7-10)3-5-13-11/h1-3,5,7,13-14H,4,6,8H2. The van der Waals surface area contributed by atoms with Crippen molar-refractivity contribution in [3.05, 3.63) is 36.0 Å². The summed E-state index contributed by atoms with van der Waals surface area (Å²) in [6.07, 6.45) is 2.11. The molecule has 0 spiro atoms. The van der Waals surface area contributed by atoms with Crippen molar-refractivity contribution in [3.8, 4) is 0 Å². The molecular formula is C12H13NO3S. The van der Waals surface area contributed by atoms with E-state index in [1.165, 1.54) is 0 Å². The third kappa shape index (κ3) is 1.75. The average Bonchev–Trinajstić information content (AvgIpc) is 2.82. The van der Waals surface area contributed by atoms with Gasteiger partial charge in [-0.25, -0.2) is 8.42 Å². The van der Waals surface area contributed by atoms with Crippen LogP contribution in [0.1, 0.15) is 12.0 Å². The van der Waals surface area contributed by atoms with Gasteiger partial charge >= 0.3 is 0 Å². The Labute approximate surface area is 99.2 Å². The molecule has 1 fully saturated rings. The average molecular weight is 251 g/mol. The number of H-pyrrole nitrogens is 1. The zero-order chi connectivity index (χ0) is 12.1. The van der Waals surface area contributed by atoms with Crippen LogP contribution in [-0.2, 0) is 15.4 Å². The maximum Gasteiger partial charge on any atom is 0.153 e. The molecule has 1 atom stereocenters. The first kappa shape index (κ1) is 10.8. The Kier molecular flexibility index (Phi) is 2.12. The molecule has 0 saturated carbocycles. The number of aliphatic hydroxyl groups is 1. The molecule has 0 amide bonds. The number of hydrogen-bond donors (Lipinski definition) is 2. The molecule has 1 aliphatic heterocycles. The van der Waals surface area contributed by atoms with Gasteiger partial charge in [-0.1, -0.05) is 6.07 Å². The van der Waals surface area contributed by atoms with Crippen LogP contribution in [0.4, 0.5) is 0 Å². The lowest BCUT2D eigenvalue weighted by molar-refractivity contribution is 0.0654. The fourth-order valence-corrected chi connectivity index (χ4v) is 4.23. The first-order chi connectivity index (χ1) is 7.99. The summed E-state index contributed by atoms with van der Waals surface area (Å²) in [5.74, 6) is -0.107. The van der Waals surface area contributed by atoms with E-state index >= 15 is 0 Å². The largest absolute Gasteiger partial charge is 0.384 e. The topological polar surface area (TPSA) is 70.2 Å². The predicted molar refractivity (Wildman–Crippen MR) is 65.5 cm³/mol. The highest BCUT2D eigenvalue weighted by atomic mass is 32.2. The zero-order valence-electron chi connectivity index (χ0n) is 9.18. The molecule has 2 heterocycles. The van der Waals surface area contributed by atoms with Crippen LogP contribution in [0.2, 0.25) is 0 Å². The molecular weight excluding hydrogens is 238 g/mol. The molecule has 2 aromatic rings. The van der Waals surface area contributed by atoms with Crippen LogP contribution < -0.4 is 0 Å². The molecule has 90 valence electrons. The second-order valence-corrected chi connectivity index (χ2v) is 6.84. The molecule has 1 aromatic carbocycles. The van der Waals surface area contributed by atoms with E-state index in [2.05, 4.69) is 4.98 Å². The molecule has 0 radical (unpaired) electrons. The van der Waals surface area contributed by atoms with Gasteiger partial charge in [0.2, 0.25) is 0 Å². The predicted octanol–water partition coefficient (Wildman–Crippen LogP) is 1.17. The van der Waals surface area contributed by atoms with Gasteiger partial charge in [-0.2, -0.15) is 0 Å². The minimum absolute atomic E-state index is 0.0642. The maximum atomic E-state index is 11.5. The molecule has 17 heavy (non-hydrogen) atoms. The van der Waals surface area contributed by atoms with E-state index in [0.29, 0.717) is 5.56 Å². The van der Waals surface area contributed by atoms with E-state index < -0.39 is 15.4 Å². The van der Waals surface area contributed by atoms with Crippen molar-refractivity contribution in [2.24, 2.45) is 0 Å². The summed E-state index contributed by atoms with van der Waals surface area (Å²) in [5, 5.41) is 11.4. The summed E-state index contributed by atoms with van der Waals surface area (Å²) < 4.78 is 22.9. The highest BCUT2D eigenvalue weighted by molar-refractivity contribution is 7.91. The van der Waals surface area contributed by atoms with E-state index in [1.54, 1.807) is 6.07 Å². The molecule has 0 aliphatic carbocycles. The molecule has 1 unspecified atom stereocenters. The highest BCUT2D eigenvalue weighted by Gasteiger charge is 2.41. The number of fused-ring (bicyclic) bond motifs is 1. The van der Waals surface area contributed by atoms with Crippen molar-refractivity contribution >= 4 is 20.7 Å². The van der Waals surface area contributed by atoms with Crippen LogP contribution in [0.25, 0.3) is 10.9 Å². The number of aromatic amines is 1. The summed E-state index contributed by atoms with van der Waals surface area (Å²) in [4.78, 5) is 3.07. The summed E-state index contributed by atoms with van der Waals surface area (Å²) >= 11 is 0. The first-order valence-electron chi connectivity index (χ1n) is 5.49. The van der Waals surface area contributed by atoms with Crippen molar-refractivity contribution in [1.29, 1.82) is 0 Å². The third-order valence-corrected chi connectivity index (χ3v) is 5.12. The van der Waals surface area contributed by atoms with Gasteiger partial charge in [0.05, 0.1) is 11.5 Å². The van der Waals surface area contributed by atoms with E-state index in [0.717, 1.165) is 10.9 Å². The van der Waals surface area contributed by atoms with Crippen LogP contribution in [0.3, 0.4) is 0 Å². The van der Waals surface area contributed by atoms with Crippen molar-refractivity contribution < 1.29 is 13.5 Å². The fraction of sp³-hybridized carbons (Fsp3) is 0.333. The van der Waals surface area contributed by atoms with Gasteiger partial charge in [0.1, 0.15) is 5.60 Å². The lowest BCUT2D eigenvalue weighted by Gasteiger charge is -2.21. The van der Waals surface area contributed by atoms with Crippen molar-refractivity contribution in [3.63, 3.8) is 0 Å². The van der Waals surface area contributed by atoms with Crippen molar-refractivity contribution in [2.45, 2.75) is 12.0 Å². The lowest BCUT2D eigenvalue weighted by Crippen LogP contribution is -2.26. The molecule has 0 bridgehead atoms. The molecule has 1 aromatic heterocycles. The smallest absolute Gasteiger partial charge is 0.153 e. The fourth-order valence-electron chi connectivity index (χ4n) is 2.40. The summed E-state index contributed by atoms with van der Waals surface area (Å²) in [6.45, 7) is 0. The third-order valence-electron chi connectivity index (χ3n) is 3.38. The Bertz CT molecular complexity index is 674. The lowest BCUT2D eigenvalue weighted by atomic mass is 9.92. The minimum atomic E-state index is -3.10. The molecule has 3 rings (SSSR count). The minimum Gasteiger partial charge on any atom is -0.384 e. The Balaban J connectivity index is 2.09.